The van der Waals surface area contributed by atoms with E-state index in [0.29, 0.717) is 6.04 Å². The summed E-state index contributed by atoms with van der Waals surface area (Å²) in [5.74, 6) is 0.947. The van der Waals surface area contributed by atoms with Crippen LogP contribution in [-0.4, -0.2) is 12.1 Å². The van der Waals surface area contributed by atoms with Crippen molar-refractivity contribution in [1.82, 2.24) is 5.32 Å². The normalized spacial score (nSPS) is 12.8. The van der Waals surface area contributed by atoms with Gasteiger partial charge in [0.2, 0.25) is 0 Å². The Labute approximate surface area is 99.0 Å². The lowest BCUT2D eigenvalue weighted by Crippen LogP contribution is -2.24. The van der Waals surface area contributed by atoms with E-state index in [1.807, 2.05) is 26.0 Å². The molecule has 0 saturated heterocycles. The van der Waals surface area contributed by atoms with Crippen LogP contribution in [0.25, 0.3) is 0 Å². The molecule has 0 aliphatic rings. The van der Waals surface area contributed by atoms with Gasteiger partial charge in [-0.25, -0.2) is 0 Å². The van der Waals surface area contributed by atoms with Crippen molar-refractivity contribution in [1.29, 1.82) is 0 Å². The van der Waals surface area contributed by atoms with E-state index in [2.05, 4.69) is 31.3 Å². The highest BCUT2D eigenvalue weighted by molar-refractivity contribution is 5.27. The Balaban J connectivity index is 2.45. The fourth-order valence-corrected chi connectivity index (χ4v) is 1.39. The Kier molecular flexibility index (Phi) is 5.33. The van der Waals surface area contributed by atoms with Crippen molar-refractivity contribution in [3.8, 4) is 5.75 Å². The molecule has 0 aliphatic carbocycles. The molecule has 0 aliphatic heterocycles. The van der Waals surface area contributed by atoms with Crippen LogP contribution in [-0.2, 0) is 6.54 Å². The molecule has 0 bridgehead atoms. The Hall–Kier alpha value is -1.02. The van der Waals surface area contributed by atoms with Crippen molar-refractivity contribution < 1.29 is 4.74 Å². The van der Waals surface area contributed by atoms with Gasteiger partial charge in [-0.1, -0.05) is 19.1 Å². The first-order valence-corrected chi connectivity index (χ1v) is 6.10. The quantitative estimate of drug-likeness (QED) is 0.795. The molecule has 0 radical (unpaired) electrons. The Bertz CT molecular complexity index is 292. The van der Waals surface area contributed by atoms with Crippen molar-refractivity contribution >= 4 is 0 Å². The maximum Gasteiger partial charge on any atom is 0.119 e. The zero-order valence-electron chi connectivity index (χ0n) is 10.8. The maximum atomic E-state index is 5.60. The Morgan fingerprint density at radius 3 is 2.25 bits per heavy atom. The van der Waals surface area contributed by atoms with Gasteiger partial charge in [0.25, 0.3) is 0 Å². The van der Waals surface area contributed by atoms with Crippen LogP contribution in [0.2, 0.25) is 0 Å². The molecule has 0 fully saturated rings. The van der Waals surface area contributed by atoms with Gasteiger partial charge in [0.05, 0.1) is 6.10 Å². The highest BCUT2D eigenvalue weighted by Crippen LogP contribution is 2.13. The van der Waals surface area contributed by atoms with E-state index in [1.54, 1.807) is 0 Å². The summed E-state index contributed by atoms with van der Waals surface area (Å²) < 4.78 is 5.60. The SMILES string of the molecule is CC[C@H](C)NCc1ccc(OC(C)C)cc1. The molecule has 1 aromatic carbocycles. The molecule has 0 saturated carbocycles. The molecule has 0 unspecified atom stereocenters. The maximum absolute atomic E-state index is 5.60. The van der Waals surface area contributed by atoms with Crippen LogP contribution in [0.1, 0.15) is 39.7 Å². The second-order valence-electron chi connectivity index (χ2n) is 4.50. The number of benzene rings is 1. The molecular formula is C14H23NO. The average Bonchev–Trinajstić information content (AvgIpc) is 2.27. The molecule has 16 heavy (non-hydrogen) atoms. The number of rotatable bonds is 6. The summed E-state index contributed by atoms with van der Waals surface area (Å²) in [4.78, 5) is 0. The topological polar surface area (TPSA) is 21.3 Å². The summed E-state index contributed by atoms with van der Waals surface area (Å²) >= 11 is 0. The van der Waals surface area contributed by atoms with Crippen molar-refractivity contribution in [2.45, 2.75) is 52.8 Å². The van der Waals surface area contributed by atoms with E-state index >= 15 is 0 Å². The standard InChI is InChI=1S/C14H23NO/c1-5-12(4)15-10-13-6-8-14(9-7-13)16-11(2)3/h6-9,11-12,15H,5,10H2,1-4H3/t12-/m0/s1. The number of nitrogens with one attached hydrogen (secondary N) is 1. The van der Waals surface area contributed by atoms with E-state index in [1.165, 1.54) is 5.56 Å². The third-order valence-electron chi connectivity index (χ3n) is 2.56. The van der Waals surface area contributed by atoms with Crippen LogP contribution in [0.3, 0.4) is 0 Å². The molecule has 0 heterocycles. The molecule has 1 aromatic rings. The molecule has 1 atom stereocenters. The molecular weight excluding hydrogens is 198 g/mol. The fourth-order valence-electron chi connectivity index (χ4n) is 1.39. The number of ether oxygens (including phenoxy) is 1. The predicted octanol–water partition coefficient (Wildman–Crippen LogP) is 3.36. The first-order chi connectivity index (χ1) is 7.61. The van der Waals surface area contributed by atoms with Gasteiger partial charge in [0.15, 0.2) is 0 Å². The zero-order valence-corrected chi connectivity index (χ0v) is 10.8. The molecule has 90 valence electrons. The first kappa shape index (κ1) is 13.0. The fraction of sp³-hybridized carbons (Fsp3) is 0.571. The second-order valence-corrected chi connectivity index (χ2v) is 4.50. The van der Waals surface area contributed by atoms with Crippen LogP contribution >= 0.6 is 0 Å². The molecule has 0 spiro atoms. The Morgan fingerprint density at radius 2 is 1.75 bits per heavy atom. The molecule has 2 heteroatoms. The van der Waals surface area contributed by atoms with Gasteiger partial charge < -0.3 is 10.1 Å². The van der Waals surface area contributed by atoms with Crippen molar-refractivity contribution in [3.63, 3.8) is 0 Å². The van der Waals surface area contributed by atoms with E-state index in [9.17, 15) is 0 Å². The van der Waals surface area contributed by atoms with Gasteiger partial charge in [-0.2, -0.15) is 0 Å². The van der Waals surface area contributed by atoms with Crippen LogP contribution in [0.5, 0.6) is 5.75 Å². The molecule has 2 nitrogen and oxygen atoms in total. The van der Waals surface area contributed by atoms with Crippen LogP contribution in [0, 0.1) is 0 Å². The first-order valence-electron chi connectivity index (χ1n) is 6.10. The monoisotopic (exact) mass is 221 g/mol. The van der Waals surface area contributed by atoms with Crippen LogP contribution < -0.4 is 10.1 Å². The van der Waals surface area contributed by atoms with Gasteiger partial charge in [-0.3, -0.25) is 0 Å². The lowest BCUT2D eigenvalue weighted by atomic mass is 10.2. The summed E-state index contributed by atoms with van der Waals surface area (Å²) in [6.45, 7) is 9.40. The van der Waals surface area contributed by atoms with Crippen LogP contribution in [0.4, 0.5) is 0 Å². The highest BCUT2D eigenvalue weighted by Gasteiger charge is 2.00. The van der Waals surface area contributed by atoms with Gasteiger partial charge in [0, 0.05) is 12.6 Å². The molecule has 0 aromatic heterocycles. The third kappa shape index (κ3) is 4.67. The second kappa shape index (κ2) is 6.54. The highest BCUT2D eigenvalue weighted by atomic mass is 16.5. The Morgan fingerprint density at radius 1 is 1.12 bits per heavy atom. The predicted molar refractivity (Wildman–Crippen MR) is 68.8 cm³/mol. The molecule has 1 N–H and O–H groups in total. The summed E-state index contributed by atoms with van der Waals surface area (Å²) in [5, 5.41) is 3.47. The van der Waals surface area contributed by atoms with E-state index in [-0.39, 0.29) is 6.10 Å². The molecule has 0 amide bonds. The van der Waals surface area contributed by atoms with Crippen molar-refractivity contribution in [3.05, 3.63) is 29.8 Å². The van der Waals surface area contributed by atoms with Gasteiger partial charge in [-0.05, 0) is 44.9 Å². The van der Waals surface area contributed by atoms with Crippen molar-refractivity contribution in [2.75, 3.05) is 0 Å². The van der Waals surface area contributed by atoms with Gasteiger partial charge in [0.1, 0.15) is 5.75 Å². The number of hydrogen-bond acceptors (Lipinski definition) is 2. The van der Waals surface area contributed by atoms with E-state index < -0.39 is 0 Å². The van der Waals surface area contributed by atoms with Crippen LogP contribution in [0.15, 0.2) is 24.3 Å². The summed E-state index contributed by atoms with van der Waals surface area (Å²) in [6, 6.07) is 8.88. The lowest BCUT2D eigenvalue weighted by Gasteiger charge is -2.12. The summed E-state index contributed by atoms with van der Waals surface area (Å²) in [6.07, 6.45) is 1.40. The van der Waals surface area contributed by atoms with E-state index in [4.69, 9.17) is 4.74 Å². The average molecular weight is 221 g/mol. The van der Waals surface area contributed by atoms with Crippen molar-refractivity contribution in [2.24, 2.45) is 0 Å². The summed E-state index contributed by atoms with van der Waals surface area (Å²) in [5.41, 5.74) is 1.30. The smallest absolute Gasteiger partial charge is 0.119 e. The zero-order chi connectivity index (χ0) is 12.0. The minimum absolute atomic E-state index is 0.240. The minimum Gasteiger partial charge on any atom is -0.491 e. The lowest BCUT2D eigenvalue weighted by molar-refractivity contribution is 0.242. The van der Waals surface area contributed by atoms with E-state index in [0.717, 1.165) is 18.7 Å². The van der Waals surface area contributed by atoms with Gasteiger partial charge in [-0.15, -0.1) is 0 Å². The largest absolute Gasteiger partial charge is 0.491 e. The minimum atomic E-state index is 0.240. The summed E-state index contributed by atoms with van der Waals surface area (Å²) in [7, 11) is 0. The molecule has 1 rings (SSSR count). The third-order valence-corrected chi connectivity index (χ3v) is 2.56. The van der Waals surface area contributed by atoms with Gasteiger partial charge >= 0.3 is 0 Å². The number of hydrogen-bond donors (Lipinski definition) is 1.